The predicted octanol–water partition coefficient (Wildman–Crippen LogP) is 2.80. The first-order valence-electron chi connectivity index (χ1n) is 4.30. The molecule has 0 aromatic heterocycles. The van der Waals surface area contributed by atoms with Gasteiger partial charge < -0.3 is 4.79 Å². The topological polar surface area (TPSA) is 17.1 Å². The highest BCUT2D eigenvalue weighted by atomic mass is 16.1. The average Bonchev–Trinajstić information content (AvgIpc) is 2.28. The Labute approximate surface area is 73.5 Å². The summed E-state index contributed by atoms with van der Waals surface area (Å²) < 4.78 is 0. The van der Waals surface area contributed by atoms with Gasteiger partial charge in [0.2, 0.25) is 0 Å². The Morgan fingerprint density at radius 2 is 2.25 bits per heavy atom. The molecule has 0 aromatic rings. The number of allylic oxidation sites excluding steroid dienone is 6. The first kappa shape index (κ1) is 8.98. The van der Waals surface area contributed by atoms with E-state index in [0.29, 0.717) is 6.42 Å². The fourth-order valence-electron chi connectivity index (χ4n) is 1.14. The van der Waals surface area contributed by atoms with Crippen molar-refractivity contribution in [2.45, 2.75) is 26.2 Å². The minimum absolute atomic E-state index is 0.271. The van der Waals surface area contributed by atoms with Gasteiger partial charge in [-0.2, -0.15) is 0 Å². The molecule has 0 saturated carbocycles. The van der Waals surface area contributed by atoms with E-state index in [-0.39, 0.29) is 5.78 Å². The molecule has 12 heavy (non-hydrogen) atoms. The lowest BCUT2D eigenvalue weighted by molar-refractivity contribution is -0.116. The molecule has 0 bridgehead atoms. The molecule has 0 N–H and O–H groups in total. The van der Waals surface area contributed by atoms with E-state index < -0.39 is 0 Å². The number of hydrogen-bond donors (Lipinski definition) is 0. The molecule has 0 aromatic carbocycles. The second-order valence-electron chi connectivity index (χ2n) is 3.04. The summed E-state index contributed by atoms with van der Waals surface area (Å²) in [5.74, 6) is 0.271. The lowest BCUT2D eigenvalue weighted by Gasteiger charge is -2.00. The van der Waals surface area contributed by atoms with Gasteiger partial charge in [0.1, 0.15) is 5.78 Å². The maximum Gasteiger partial charge on any atom is 0.130 e. The molecule has 0 atom stereocenters. The van der Waals surface area contributed by atoms with Crippen LogP contribution in [0.25, 0.3) is 0 Å². The Kier molecular flexibility index (Phi) is 3.52. The monoisotopic (exact) mass is 162 g/mol. The summed E-state index contributed by atoms with van der Waals surface area (Å²) >= 11 is 0. The number of carbonyl (C=O) groups excluding carboxylic acids is 1. The van der Waals surface area contributed by atoms with Crippen molar-refractivity contribution in [3.63, 3.8) is 0 Å². The second kappa shape index (κ2) is 4.70. The van der Waals surface area contributed by atoms with Gasteiger partial charge in [0, 0.05) is 6.42 Å². The zero-order valence-electron chi connectivity index (χ0n) is 7.42. The Morgan fingerprint density at radius 1 is 1.42 bits per heavy atom. The van der Waals surface area contributed by atoms with Gasteiger partial charge in [0.15, 0.2) is 0 Å². The van der Waals surface area contributed by atoms with Crippen molar-refractivity contribution in [2.24, 2.45) is 0 Å². The maximum absolute atomic E-state index is 10.7. The molecule has 0 radical (unpaired) electrons. The van der Waals surface area contributed by atoms with Gasteiger partial charge in [-0.25, -0.2) is 0 Å². The Hall–Kier alpha value is -1.11. The quantitative estimate of drug-likeness (QED) is 0.623. The van der Waals surface area contributed by atoms with Gasteiger partial charge >= 0.3 is 0 Å². The van der Waals surface area contributed by atoms with Crippen LogP contribution in [0.2, 0.25) is 0 Å². The number of hydrogen-bond acceptors (Lipinski definition) is 1. The van der Waals surface area contributed by atoms with Crippen LogP contribution in [-0.4, -0.2) is 5.78 Å². The van der Waals surface area contributed by atoms with E-state index in [0.717, 1.165) is 12.8 Å². The summed E-state index contributed by atoms with van der Waals surface area (Å²) in [7, 11) is 0. The zero-order chi connectivity index (χ0) is 8.81. The van der Waals surface area contributed by atoms with Crippen molar-refractivity contribution in [1.29, 1.82) is 0 Å². The SMILES string of the molecule is CC(=O)CCC1=CC=CC=CC1. The van der Waals surface area contributed by atoms with E-state index in [1.807, 2.05) is 18.2 Å². The number of Topliss-reactive ketones (excluding diaryl/α,β-unsaturated/α-hetero) is 1. The van der Waals surface area contributed by atoms with Crippen molar-refractivity contribution in [1.82, 2.24) is 0 Å². The smallest absolute Gasteiger partial charge is 0.130 e. The van der Waals surface area contributed by atoms with Gasteiger partial charge in [-0.1, -0.05) is 36.0 Å². The number of rotatable bonds is 3. The summed E-state index contributed by atoms with van der Waals surface area (Å²) in [5, 5.41) is 0. The van der Waals surface area contributed by atoms with Crippen LogP contribution >= 0.6 is 0 Å². The van der Waals surface area contributed by atoms with Gasteiger partial charge in [-0.3, -0.25) is 0 Å². The van der Waals surface area contributed by atoms with Crippen LogP contribution in [0.4, 0.5) is 0 Å². The highest BCUT2D eigenvalue weighted by Gasteiger charge is 1.98. The van der Waals surface area contributed by atoms with Crippen LogP contribution < -0.4 is 0 Å². The van der Waals surface area contributed by atoms with Crippen molar-refractivity contribution < 1.29 is 4.79 Å². The molecule has 0 spiro atoms. The minimum Gasteiger partial charge on any atom is -0.300 e. The Balaban J connectivity index is 2.41. The molecule has 0 saturated heterocycles. The molecule has 1 rings (SSSR count). The van der Waals surface area contributed by atoms with Crippen LogP contribution in [0.15, 0.2) is 36.0 Å². The van der Waals surface area contributed by atoms with E-state index >= 15 is 0 Å². The van der Waals surface area contributed by atoms with E-state index in [4.69, 9.17) is 0 Å². The third-order valence-electron chi connectivity index (χ3n) is 1.87. The summed E-state index contributed by atoms with van der Waals surface area (Å²) in [4.78, 5) is 10.7. The molecule has 0 fully saturated rings. The van der Waals surface area contributed by atoms with E-state index in [9.17, 15) is 4.79 Å². The zero-order valence-corrected chi connectivity index (χ0v) is 7.42. The molecule has 1 aliphatic carbocycles. The lowest BCUT2D eigenvalue weighted by atomic mass is 10.1. The normalized spacial score (nSPS) is 15.6. The van der Waals surface area contributed by atoms with Gasteiger partial charge in [0.25, 0.3) is 0 Å². The molecule has 1 nitrogen and oxygen atoms in total. The van der Waals surface area contributed by atoms with Crippen LogP contribution in [0.1, 0.15) is 26.2 Å². The van der Waals surface area contributed by atoms with Crippen LogP contribution in [0.3, 0.4) is 0 Å². The molecular formula is C11H14O. The molecule has 0 aliphatic heterocycles. The molecule has 0 unspecified atom stereocenters. The fourth-order valence-corrected chi connectivity index (χ4v) is 1.14. The highest BCUT2D eigenvalue weighted by Crippen LogP contribution is 2.13. The molecule has 64 valence electrons. The van der Waals surface area contributed by atoms with E-state index in [1.165, 1.54) is 5.57 Å². The van der Waals surface area contributed by atoms with E-state index in [2.05, 4.69) is 12.2 Å². The van der Waals surface area contributed by atoms with Gasteiger partial charge in [0.05, 0.1) is 0 Å². The first-order valence-corrected chi connectivity index (χ1v) is 4.30. The largest absolute Gasteiger partial charge is 0.300 e. The molecular weight excluding hydrogens is 148 g/mol. The minimum atomic E-state index is 0.271. The maximum atomic E-state index is 10.7. The second-order valence-corrected chi connectivity index (χ2v) is 3.04. The molecule has 0 heterocycles. The van der Waals surface area contributed by atoms with Crippen LogP contribution in [0.5, 0.6) is 0 Å². The highest BCUT2D eigenvalue weighted by molar-refractivity contribution is 5.75. The summed E-state index contributed by atoms with van der Waals surface area (Å²) in [6, 6.07) is 0. The van der Waals surface area contributed by atoms with E-state index in [1.54, 1.807) is 6.92 Å². The Morgan fingerprint density at radius 3 is 3.00 bits per heavy atom. The van der Waals surface area contributed by atoms with Crippen molar-refractivity contribution >= 4 is 5.78 Å². The third kappa shape index (κ3) is 3.33. The summed E-state index contributed by atoms with van der Waals surface area (Å²) in [6.07, 6.45) is 12.9. The standard InChI is InChI=1S/C11H14O/c1-10(12)8-9-11-6-4-2-3-5-7-11/h2-6H,7-9H2,1H3. The average molecular weight is 162 g/mol. The van der Waals surface area contributed by atoms with Gasteiger partial charge in [-0.15, -0.1) is 0 Å². The summed E-state index contributed by atoms with van der Waals surface area (Å²) in [6.45, 7) is 1.64. The Bertz CT molecular complexity index is 244. The van der Waals surface area contributed by atoms with Crippen molar-refractivity contribution in [3.05, 3.63) is 36.0 Å². The molecule has 1 aliphatic rings. The third-order valence-corrected chi connectivity index (χ3v) is 1.87. The fraction of sp³-hybridized carbons (Fsp3) is 0.364. The van der Waals surface area contributed by atoms with Crippen molar-refractivity contribution in [3.8, 4) is 0 Å². The van der Waals surface area contributed by atoms with Crippen LogP contribution in [0, 0.1) is 0 Å². The van der Waals surface area contributed by atoms with Crippen LogP contribution in [-0.2, 0) is 4.79 Å². The lowest BCUT2D eigenvalue weighted by Crippen LogP contribution is -1.91. The summed E-state index contributed by atoms with van der Waals surface area (Å²) in [5.41, 5.74) is 1.34. The molecule has 0 amide bonds. The molecule has 1 heteroatoms. The number of ketones is 1. The van der Waals surface area contributed by atoms with Gasteiger partial charge in [-0.05, 0) is 19.8 Å². The predicted molar refractivity (Wildman–Crippen MR) is 50.9 cm³/mol. The number of carbonyl (C=O) groups is 1. The first-order chi connectivity index (χ1) is 5.79. The van der Waals surface area contributed by atoms with Crippen molar-refractivity contribution in [2.75, 3.05) is 0 Å².